The maximum atomic E-state index is 12.9. The second kappa shape index (κ2) is 7.54. The summed E-state index contributed by atoms with van der Waals surface area (Å²) >= 11 is 1.06. The highest BCUT2D eigenvalue weighted by molar-refractivity contribution is 7.09. The van der Waals surface area contributed by atoms with Gasteiger partial charge < -0.3 is 10.1 Å². The number of nitrogens with one attached hydrogen (secondary N) is 2. The lowest BCUT2D eigenvalue weighted by atomic mass is 10.0. The largest absolute Gasteiger partial charge is 0.496 e. The third-order valence-electron chi connectivity index (χ3n) is 3.35. The standard InChI is InChI=1S/C17H14N4O3S/c1-24-14-9-5-3-7-12(14)15(22)11-6-2-4-8-13(11)20-16(23)21-17-18-10-19-25-17/h2-10H,1H3,(H2,18,19,20,21,23). The van der Waals surface area contributed by atoms with Crippen LogP contribution in [0.3, 0.4) is 0 Å². The molecule has 2 N–H and O–H groups in total. The molecule has 0 spiro atoms. The Bertz CT molecular complexity index is 896. The first-order valence-corrected chi connectivity index (χ1v) is 8.08. The Hall–Kier alpha value is -3.26. The minimum Gasteiger partial charge on any atom is -0.496 e. The molecule has 0 aliphatic heterocycles. The molecule has 0 radical (unpaired) electrons. The maximum absolute atomic E-state index is 12.9. The summed E-state index contributed by atoms with van der Waals surface area (Å²) in [5.41, 5.74) is 1.17. The lowest BCUT2D eigenvalue weighted by molar-refractivity contribution is 0.103. The molecule has 1 aromatic heterocycles. The molecule has 2 amide bonds. The molecule has 0 saturated carbocycles. The fraction of sp³-hybridized carbons (Fsp3) is 0.0588. The molecule has 1 heterocycles. The zero-order chi connectivity index (χ0) is 17.6. The number of ketones is 1. The van der Waals surface area contributed by atoms with Crippen LogP contribution in [0.1, 0.15) is 15.9 Å². The summed E-state index contributed by atoms with van der Waals surface area (Å²) in [6.45, 7) is 0. The third kappa shape index (κ3) is 3.81. The van der Waals surface area contributed by atoms with E-state index < -0.39 is 6.03 Å². The Morgan fingerprint density at radius 3 is 2.44 bits per heavy atom. The van der Waals surface area contributed by atoms with Crippen molar-refractivity contribution in [2.45, 2.75) is 0 Å². The van der Waals surface area contributed by atoms with Gasteiger partial charge in [-0.2, -0.15) is 4.37 Å². The molecular formula is C17H14N4O3S. The van der Waals surface area contributed by atoms with Gasteiger partial charge in [0.25, 0.3) is 0 Å². The van der Waals surface area contributed by atoms with E-state index in [-0.39, 0.29) is 5.78 Å². The van der Waals surface area contributed by atoms with Crippen molar-refractivity contribution in [2.75, 3.05) is 17.7 Å². The highest BCUT2D eigenvalue weighted by Gasteiger charge is 2.18. The zero-order valence-electron chi connectivity index (χ0n) is 13.2. The van der Waals surface area contributed by atoms with Crippen LogP contribution < -0.4 is 15.4 Å². The minimum absolute atomic E-state index is 0.246. The molecule has 7 nitrogen and oxygen atoms in total. The summed E-state index contributed by atoms with van der Waals surface area (Å²) in [5, 5.41) is 5.59. The first kappa shape index (κ1) is 16.6. The highest BCUT2D eigenvalue weighted by atomic mass is 32.1. The summed E-state index contributed by atoms with van der Waals surface area (Å²) in [4.78, 5) is 28.8. The van der Waals surface area contributed by atoms with Gasteiger partial charge in [-0.05, 0) is 24.3 Å². The van der Waals surface area contributed by atoms with E-state index in [1.54, 1.807) is 48.5 Å². The molecule has 0 fully saturated rings. The SMILES string of the molecule is COc1ccccc1C(=O)c1ccccc1NC(=O)Nc1ncns1. The Labute approximate surface area is 147 Å². The second-order valence-electron chi connectivity index (χ2n) is 4.90. The lowest BCUT2D eigenvalue weighted by Gasteiger charge is -2.12. The van der Waals surface area contributed by atoms with Crippen LogP contribution in [0.15, 0.2) is 54.9 Å². The molecular weight excluding hydrogens is 340 g/mol. The van der Waals surface area contributed by atoms with Gasteiger partial charge in [0.2, 0.25) is 5.13 Å². The van der Waals surface area contributed by atoms with Gasteiger partial charge in [-0.25, -0.2) is 9.78 Å². The van der Waals surface area contributed by atoms with E-state index in [4.69, 9.17) is 4.74 Å². The number of hydrogen-bond donors (Lipinski definition) is 2. The van der Waals surface area contributed by atoms with Crippen LogP contribution in [0.2, 0.25) is 0 Å². The van der Waals surface area contributed by atoms with Gasteiger partial charge in [0, 0.05) is 17.1 Å². The number of carbonyl (C=O) groups excluding carboxylic acids is 2. The number of carbonyl (C=O) groups is 2. The van der Waals surface area contributed by atoms with E-state index in [0.717, 1.165) is 11.5 Å². The van der Waals surface area contributed by atoms with Crippen LogP contribution in [-0.2, 0) is 0 Å². The molecule has 0 bridgehead atoms. The average molecular weight is 354 g/mol. The normalized spacial score (nSPS) is 10.1. The molecule has 25 heavy (non-hydrogen) atoms. The predicted octanol–water partition coefficient (Wildman–Crippen LogP) is 3.42. The van der Waals surface area contributed by atoms with Crippen LogP contribution >= 0.6 is 11.5 Å². The maximum Gasteiger partial charge on any atom is 0.325 e. The van der Waals surface area contributed by atoms with E-state index in [9.17, 15) is 9.59 Å². The van der Waals surface area contributed by atoms with Crippen LogP contribution in [0.25, 0.3) is 0 Å². The number of anilines is 2. The minimum atomic E-state index is -0.503. The number of methoxy groups -OCH3 is 1. The van der Waals surface area contributed by atoms with Gasteiger partial charge in [0.05, 0.1) is 18.4 Å². The molecule has 3 aromatic rings. The molecule has 0 aliphatic rings. The quantitative estimate of drug-likeness (QED) is 0.685. The van der Waals surface area contributed by atoms with Crippen molar-refractivity contribution in [3.8, 4) is 5.75 Å². The van der Waals surface area contributed by atoms with Crippen LogP contribution in [0, 0.1) is 0 Å². The van der Waals surface area contributed by atoms with Gasteiger partial charge in [0.1, 0.15) is 12.1 Å². The third-order valence-corrected chi connectivity index (χ3v) is 3.93. The summed E-state index contributed by atoms with van der Waals surface area (Å²) in [6.07, 6.45) is 1.35. The highest BCUT2D eigenvalue weighted by Crippen LogP contribution is 2.25. The molecule has 3 rings (SSSR count). The van der Waals surface area contributed by atoms with Gasteiger partial charge >= 0.3 is 6.03 Å². The van der Waals surface area contributed by atoms with Gasteiger partial charge in [-0.1, -0.05) is 24.3 Å². The second-order valence-corrected chi connectivity index (χ2v) is 5.68. The Kier molecular flexibility index (Phi) is 5.00. The molecule has 126 valence electrons. The fourth-order valence-corrected chi connectivity index (χ4v) is 2.67. The molecule has 0 saturated heterocycles. The lowest BCUT2D eigenvalue weighted by Crippen LogP contribution is -2.21. The summed E-state index contributed by atoms with van der Waals surface area (Å²) in [7, 11) is 1.51. The number of nitrogens with zero attached hydrogens (tertiary/aromatic N) is 2. The Morgan fingerprint density at radius 1 is 1.00 bits per heavy atom. The molecule has 2 aromatic carbocycles. The number of hydrogen-bond acceptors (Lipinski definition) is 6. The van der Waals surface area contributed by atoms with Crippen molar-refractivity contribution < 1.29 is 14.3 Å². The Balaban J connectivity index is 1.85. The first-order chi connectivity index (χ1) is 12.2. The van der Waals surface area contributed by atoms with Crippen molar-refractivity contribution in [3.63, 3.8) is 0 Å². The number of benzene rings is 2. The smallest absolute Gasteiger partial charge is 0.325 e. The van der Waals surface area contributed by atoms with Crippen LogP contribution in [0.4, 0.5) is 15.6 Å². The predicted molar refractivity (Wildman–Crippen MR) is 95.4 cm³/mol. The number of para-hydroxylation sites is 2. The van der Waals surface area contributed by atoms with E-state index in [1.807, 2.05) is 0 Å². The van der Waals surface area contributed by atoms with E-state index in [1.165, 1.54) is 13.4 Å². The molecule has 0 atom stereocenters. The van der Waals surface area contributed by atoms with Crippen molar-refractivity contribution in [1.82, 2.24) is 9.36 Å². The zero-order valence-corrected chi connectivity index (χ0v) is 14.0. The molecule has 8 heteroatoms. The summed E-state index contributed by atoms with van der Waals surface area (Å²) < 4.78 is 9.05. The van der Waals surface area contributed by atoms with Crippen LogP contribution in [0.5, 0.6) is 5.75 Å². The van der Waals surface area contributed by atoms with E-state index >= 15 is 0 Å². The fourth-order valence-electron chi connectivity index (χ4n) is 2.25. The molecule has 0 unspecified atom stereocenters. The van der Waals surface area contributed by atoms with Crippen molar-refractivity contribution in [1.29, 1.82) is 0 Å². The number of aromatic nitrogens is 2. The van der Waals surface area contributed by atoms with Crippen molar-refractivity contribution in [2.24, 2.45) is 0 Å². The number of ether oxygens (including phenoxy) is 1. The van der Waals surface area contributed by atoms with Gasteiger partial charge in [0.15, 0.2) is 5.78 Å². The first-order valence-electron chi connectivity index (χ1n) is 7.30. The summed E-state index contributed by atoms with van der Waals surface area (Å²) in [6, 6.07) is 13.2. The van der Waals surface area contributed by atoms with Gasteiger partial charge in [-0.15, -0.1) is 0 Å². The molecule has 0 aliphatic carbocycles. The van der Waals surface area contributed by atoms with Crippen molar-refractivity contribution >= 4 is 34.2 Å². The Morgan fingerprint density at radius 2 is 1.72 bits per heavy atom. The van der Waals surface area contributed by atoms with E-state index in [0.29, 0.717) is 27.7 Å². The monoisotopic (exact) mass is 354 g/mol. The number of urea groups is 1. The van der Waals surface area contributed by atoms with Crippen LogP contribution in [-0.4, -0.2) is 28.3 Å². The van der Waals surface area contributed by atoms with Gasteiger partial charge in [-0.3, -0.25) is 10.1 Å². The number of rotatable bonds is 5. The topological polar surface area (TPSA) is 93.2 Å². The van der Waals surface area contributed by atoms with Crippen molar-refractivity contribution in [3.05, 3.63) is 66.0 Å². The summed E-state index contributed by atoms with van der Waals surface area (Å²) in [5.74, 6) is 0.227. The van der Waals surface area contributed by atoms with E-state index in [2.05, 4.69) is 20.0 Å². The average Bonchev–Trinajstić information content (AvgIpc) is 3.14. The number of amides is 2.